The van der Waals surface area contributed by atoms with Crippen molar-refractivity contribution in [2.75, 3.05) is 26.3 Å². The second-order valence-corrected chi connectivity index (χ2v) is 10.0. The minimum atomic E-state index is -3.45. The Morgan fingerprint density at radius 1 is 1.11 bits per heavy atom. The normalized spacial score (nSPS) is 17.5. The summed E-state index contributed by atoms with van der Waals surface area (Å²) in [5.41, 5.74) is 0.992. The van der Waals surface area contributed by atoms with Gasteiger partial charge in [-0.25, -0.2) is 13.4 Å². The minimum Gasteiger partial charge on any atom is -0.486 e. The molecule has 1 saturated heterocycles. The van der Waals surface area contributed by atoms with Crippen molar-refractivity contribution in [2.24, 2.45) is 0 Å². The van der Waals surface area contributed by atoms with Crippen LogP contribution in [0.4, 0.5) is 0 Å². The van der Waals surface area contributed by atoms with Crippen molar-refractivity contribution in [3.63, 3.8) is 0 Å². The maximum Gasteiger partial charge on any atom is 0.244 e. The van der Waals surface area contributed by atoms with E-state index in [0.717, 1.165) is 29.9 Å². The summed E-state index contributed by atoms with van der Waals surface area (Å²) >= 11 is 7.79. The first-order chi connectivity index (χ1) is 13.5. The zero-order valence-corrected chi connectivity index (χ0v) is 17.7. The van der Waals surface area contributed by atoms with E-state index in [0.29, 0.717) is 48.6 Å². The van der Waals surface area contributed by atoms with Crippen molar-refractivity contribution in [3.05, 3.63) is 41.0 Å². The molecule has 3 heterocycles. The monoisotopic (exact) mass is 440 g/mol. The molecule has 1 aromatic carbocycles. The van der Waals surface area contributed by atoms with Gasteiger partial charge < -0.3 is 9.47 Å². The number of ether oxygens (including phenoxy) is 2. The van der Waals surface area contributed by atoms with Gasteiger partial charge in [-0.05, 0) is 42.7 Å². The third-order valence-corrected chi connectivity index (χ3v) is 7.88. The number of hydrogen-bond donors (Lipinski definition) is 0. The average Bonchev–Trinajstić information content (AvgIpc) is 2.73. The maximum absolute atomic E-state index is 12.7. The van der Waals surface area contributed by atoms with Crippen LogP contribution in [0.15, 0.2) is 40.4 Å². The SMILES string of the molecule is O=S(=O)(c1ccc(SCc2cc(Cl)c3c(c2)OCCO3)nc1)N1CCCCC1. The van der Waals surface area contributed by atoms with Crippen LogP contribution in [0.1, 0.15) is 24.8 Å². The fourth-order valence-electron chi connectivity index (χ4n) is 3.26. The lowest BCUT2D eigenvalue weighted by atomic mass is 10.2. The maximum atomic E-state index is 12.7. The average molecular weight is 441 g/mol. The summed E-state index contributed by atoms with van der Waals surface area (Å²) in [4.78, 5) is 4.58. The van der Waals surface area contributed by atoms with Gasteiger partial charge in [-0.3, -0.25) is 0 Å². The number of halogens is 1. The lowest BCUT2D eigenvalue weighted by Gasteiger charge is -2.25. The topological polar surface area (TPSA) is 68.7 Å². The molecule has 1 aromatic heterocycles. The number of aromatic nitrogens is 1. The lowest BCUT2D eigenvalue weighted by Crippen LogP contribution is -2.35. The Hall–Kier alpha value is -1.48. The highest BCUT2D eigenvalue weighted by molar-refractivity contribution is 7.98. The molecule has 9 heteroatoms. The molecule has 2 aliphatic heterocycles. The largest absolute Gasteiger partial charge is 0.486 e. The number of sulfonamides is 1. The van der Waals surface area contributed by atoms with Crippen LogP contribution in [-0.4, -0.2) is 44.0 Å². The van der Waals surface area contributed by atoms with Gasteiger partial charge in [0.05, 0.1) is 10.0 Å². The summed E-state index contributed by atoms with van der Waals surface area (Å²) in [6.07, 6.45) is 4.37. The van der Waals surface area contributed by atoms with Gasteiger partial charge >= 0.3 is 0 Å². The Morgan fingerprint density at radius 2 is 1.89 bits per heavy atom. The van der Waals surface area contributed by atoms with E-state index in [1.807, 2.05) is 12.1 Å². The van der Waals surface area contributed by atoms with Crippen LogP contribution in [0.25, 0.3) is 0 Å². The van der Waals surface area contributed by atoms with Gasteiger partial charge in [-0.1, -0.05) is 18.0 Å². The summed E-state index contributed by atoms with van der Waals surface area (Å²) in [5.74, 6) is 1.89. The highest BCUT2D eigenvalue weighted by Crippen LogP contribution is 2.39. The smallest absolute Gasteiger partial charge is 0.244 e. The van der Waals surface area contributed by atoms with Crippen LogP contribution in [-0.2, 0) is 15.8 Å². The number of benzene rings is 1. The number of piperidine rings is 1. The number of pyridine rings is 1. The van der Waals surface area contributed by atoms with E-state index < -0.39 is 10.0 Å². The summed E-state index contributed by atoms with van der Waals surface area (Å²) < 4.78 is 38.1. The third-order valence-electron chi connectivity index (χ3n) is 4.71. The van der Waals surface area contributed by atoms with Gasteiger partial charge in [0.25, 0.3) is 0 Å². The van der Waals surface area contributed by atoms with Gasteiger partial charge in [0.2, 0.25) is 10.0 Å². The van der Waals surface area contributed by atoms with Crippen LogP contribution < -0.4 is 9.47 Å². The molecule has 0 bridgehead atoms. The Morgan fingerprint density at radius 3 is 2.64 bits per heavy atom. The molecule has 4 rings (SSSR count). The van der Waals surface area contributed by atoms with Crippen molar-refractivity contribution in [1.82, 2.24) is 9.29 Å². The van der Waals surface area contributed by atoms with E-state index >= 15 is 0 Å². The molecule has 0 N–H and O–H groups in total. The van der Waals surface area contributed by atoms with Crippen molar-refractivity contribution in [1.29, 1.82) is 0 Å². The van der Waals surface area contributed by atoms with Crippen molar-refractivity contribution in [3.8, 4) is 11.5 Å². The van der Waals surface area contributed by atoms with E-state index in [-0.39, 0.29) is 4.90 Å². The van der Waals surface area contributed by atoms with E-state index in [9.17, 15) is 8.42 Å². The third kappa shape index (κ3) is 4.25. The van der Waals surface area contributed by atoms with Crippen LogP contribution in [0, 0.1) is 0 Å². The molecule has 0 spiro atoms. The first-order valence-electron chi connectivity index (χ1n) is 9.21. The van der Waals surface area contributed by atoms with Gasteiger partial charge in [-0.2, -0.15) is 4.31 Å². The predicted octanol–water partition coefficient (Wildman–Crippen LogP) is 3.97. The van der Waals surface area contributed by atoms with Crippen molar-refractivity contribution < 1.29 is 17.9 Å². The van der Waals surface area contributed by atoms with Crippen LogP contribution in [0.3, 0.4) is 0 Å². The molecule has 0 aliphatic carbocycles. The van der Waals surface area contributed by atoms with Crippen LogP contribution in [0.5, 0.6) is 11.5 Å². The van der Waals surface area contributed by atoms with E-state index in [1.165, 1.54) is 18.0 Å². The molecule has 0 atom stereocenters. The zero-order valence-electron chi connectivity index (χ0n) is 15.3. The van der Waals surface area contributed by atoms with Gasteiger partial charge in [0.1, 0.15) is 18.1 Å². The summed E-state index contributed by atoms with van der Waals surface area (Å²) in [6.45, 7) is 2.18. The molecule has 6 nitrogen and oxygen atoms in total. The molecule has 0 saturated carbocycles. The van der Waals surface area contributed by atoms with Crippen LogP contribution >= 0.6 is 23.4 Å². The highest BCUT2D eigenvalue weighted by atomic mass is 35.5. The van der Waals surface area contributed by atoms with E-state index in [1.54, 1.807) is 16.4 Å². The van der Waals surface area contributed by atoms with E-state index in [4.69, 9.17) is 21.1 Å². The Labute approximate surface area is 174 Å². The summed E-state index contributed by atoms with van der Waals surface area (Å²) in [7, 11) is -3.45. The predicted molar refractivity (Wildman–Crippen MR) is 109 cm³/mol. The molecular formula is C19H21ClN2O4S2. The standard InChI is InChI=1S/C19H21ClN2O4S2/c20-16-10-14(11-17-19(16)26-9-8-25-17)13-27-18-5-4-15(12-21-18)28(23,24)22-6-2-1-3-7-22/h4-5,10-12H,1-3,6-9,13H2. The molecule has 2 aliphatic rings. The van der Waals surface area contributed by atoms with Gasteiger partial charge in [-0.15, -0.1) is 11.8 Å². The Kier molecular flexibility index (Phi) is 6.01. The first-order valence-corrected chi connectivity index (χ1v) is 12.0. The van der Waals surface area contributed by atoms with Gasteiger partial charge in [0.15, 0.2) is 11.5 Å². The second-order valence-electron chi connectivity index (χ2n) is 6.69. The van der Waals surface area contributed by atoms with E-state index in [2.05, 4.69) is 4.98 Å². The summed E-state index contributed by atoms with van der Waals surface area (Å²) in [6, 6.07) is 7.16. The number of rotatable bonds is 5. The Balaban J connectivity index is 1.43. The van der Waals surface area contributed by atoms with Crippen LogP contribution in [0.2, 0.25) is 5.02 Å². The zero-order chi connectivity index (χ0) is 19.6. The molecule has 150 valence electrons. The quantitative estimate of drug-likeness (QED) is 0.655. The number of hydrogen-bond acceptors (Lipinski definition) is 6. The molecule has 0 unspecified atom stereocenters. The fraction of sp³-hybridized carbons (Fsp3) is 0.421. The number of nitrogens with zero attached hydrogens (tertiary/aromatic N) is 2. The number of fused-ring (bicyclic) bond motifs is 1. The highest BCUT2D eigenvalue weighted by Gasteiger charge is 2.26. The molecule has 1 fully saturated rings. The molecule has 28 heavy (non-hydrogen) atoms. The lowest BCUT2D eigenvalue weighted by molar-refractivity contribution is 0.171. The minimum absolute atomic E-state index is 0.251. The fourth-order valence-corrected chi connectivity index (χ4v) is 5.79. The van der Waals surface area contributed by atoms with Crippen molar-refractivity contribution >= 4 is 33.4 Å². The second kappa shape index (κ2) is 8.49. The first kappa shape index (κ1) is 19.8. The molecule has 0 amide bonds. The summed E-state index contributed by atoms with van der Waals surface area (Å²) in [5, 5.41) is 1.28. The van der Waals surface area contributed by atoms with Gasteiger partial charge in [0, 0.05) is 25.0 Å². The molecule has 2 aromatic rings. The van der Waals surface area contributed by atoms with Crippen molar-refractivity contribution in [2.45, 2.75) is 34.9 Å². The number of thioether (sulfide) groups is 1. The molecule has 0 radical (unpaired) electrons. The molecular weight excluding hydrogens is 420 g/mol. The Bertz CT molecular complexity index is 945.